The largest absolute Gasteiger partial charge is 0.508 e. The van der Waals surface area contributed by atoms with Crippen molar-refractivity contribution < 1.29 is 33.6 Å². The summed E-state index contributed by atoms with van der Waals surface area (Å²) in [5.41, 5.74) is 0. The zero-order valence-electron chi connectivity index (χ0n) is 9.30. The van der Waals surface area contributed by atoms with E-state index in [0.29, 0.717) is 6.42 Å². The summed E-state index contributed by atoms with van der Waals surface area (Å²) in [6.07, 6.45) is -1.98. The van der Waals surface area contributed by atoms with Crippen molar-refractivity contribution in [2.75, 3.05) is 26.9 Å². The summed E-state index contributed by atoms with van der Waals surface area (Å²) in [6.45, 7) is 1.39. The molecule has 0 aliphatic heterocycles. The van der Waals surface area contributed by atoms with Crippen molar-refractivity contribution >= 4 is 12.3 Å². The van der Waals surface area contributed by atoms with Crippen LogP contribution in [-0.2, 0) is 18.9 Å². The molecule has 1 atom stereocenters. The minimum atomic E-state index is -0.916. The van der Waals surface area contributed by atoms with E-state index in [2.05, 4.69) is 18.9 Å². The molecule has 7 nitrogen and oxygen atoms in total. The fourth-order valence-electron chi connectivity index (χ4n) is 0.633. The van der Waals surface area contributed by atoms with Crippen LogP contribution in [0.25, 0.3) is 0 Å². The lowest BCUT2D eigenvalue weighted by Crippen LogP contribution is -2.20. The van der Waals surface area contributed by atoms with Crippen molar-refractivity contribution in [2.45, 2.75) is 19.4 Å². The number of hydrogen-bond donors (Lipinski definition) is 1. The van der Waals surface area contributed by atoms with Gasteiger partial charge in [0.1, 0.15) is 19.8 Å². The highest BCUT2D eigenvalue weighted by molar-refractivity contribution is 5.60. The molecule has 0 spiro atoms. The number of hydrogen-bond acceptors (Lipinski definition) is 7. The van der Waals surface area contributed by atoms with Crippen LogP contribution in [0.15, 0.2) is 0 Å². The first-order valence-corrected chi connectivity index (χ1v) is 4.78. The van der Waals surface area contributed by atoms with Gasteiger partial charge in [-0.2, -0.15) is 0 Å². The molecule has 0 radical (unpaired) electrons. The van der Waals surface area contributed by atoms with E-state index in [0.717, 1.165) is 0 Å². The van der Waals surface area contributed by atoms with E-state index in [1.807, 2.05) is 0 Å². The van der Waals surface area contributed by atoms with Crippen molar-refractivity contribution in [2.24, 2.45) is 0 Å². The summed E-state index contributed by atoms with van der Waals surface area (Å²) in [4.78, 5) is 21.3. The normalized spacial score (nSPS) is 11.4. The van der Waals surface area contributed by atoms with Gasteiger partial charge in [-0.3, -0.25) is 0 Å². The predicted molar refractivity (Wildman–Crippen MR) is 52.0 cm³/mol. The molecule has 0 fully saturated rings. The molecular weight excluding hydrogens is 220 g/mol. The van der Waals surface area contributed by atoms with Crippen LogP contribution in [0.2, 0.25) is 0 Å². The molecule has 0 aromatic rings. The summed E-state index contributed by atoms with van der Waals surface area (Å²) in [5, 5.41) is 9.06. The minimum absolute atomic E-state index is 0.113. The maximum Gasteiger partial charge on any atom is 0.508 e. The van der Waals surface area contributed by atoms with Crippen molar-refractivity contribution in [3.63, 3.8) is 0 Å². The Bertz CT molecular complexity index is 216. The van der Waals surface area contributed by atoms with Gasteiger partial charge >= 0.3 is 12.3 Å². The Labute approximate surface area is 93.2 Å². The molecule has 0 saturated heterocycles. The minimum Gasteiger partial charge on any atom is -0.438 e. The molecule has 0 heterocycles. The van der Waals surface area contributed by atoms with Crippen LogP contribution < -0.4 is 0 Å². The van der Waals surface area contributed by atoms with Gasteiger partial charge in [-0.15, -0.1) is 0 Å². The van der Waals surface area contributed by atoms with E-state index in [1.54, 1.807) is 6.92 Å². The fourth-order valence-corrected chi connectivity index (χ4v) is 0.633. The molecular formula is C9H16O7. The first kappa shape index (κ1) is 14.5. The lowest BCUT2D eigenvalue weighted by molar-refractivity contribution is 0.00417. The predicted octanol–water partition coefficient (Wildman–Crippen LogP) is 0.694. The highest BCUT2D eigenvalue weighted by Gasteiger charge is 2.08. The Morgan fingerprint density at radius 3 is 2.19 bits per heavy atom. The summed E-state index contributed by atoms with van der Waals surface area (Å²) in [5.74, 6) is 0. The lowest BCUT2D eigenvalue weighted by atomic mass is 10.3. The van der Waals surface area contributed by atoms with Gasteiger partial charge in [0.15, 0.2) is 0 Å². The number of carbonyl (C=O) groups excluding carboxylic acids is 2. The van der Waals surface area contributed by atoms with Gasteiger partial charge in [-0.1, -0.05) is 6.92 Å². The van der Waals surface area contributed by atoms with Crippen LogP contribution in [0.5, 0.6) is 0 Å². The van der Waals surface area contributed by atoms with Crippen molar-refractivity contribution in [1.82, 2.24) is 0 Å². The maximum atomic E-state index is 10.9. The molecule has 7 heteroatoms. The third-order valence-electron chi connectivity index (χ3n) is 1.55. The van der Waals surface area contributed by atoms with Crippen molar-refractivity contribution in [3.8, 4) is 0 Å². The van der Waals surface area contributed by atoms with Crippen LogP contribution in [-0.4, -0.2) is 50.5 Å². The second kappa shape index (κ2) is 8.78. The van der Waals surface area contributed by atoms with Crippen LogP contribution in [0, 0.1) is 0 Å². The second-order valence-electron chi connectivity index (χ2n) is 2.77. The number of methoxy groups -OCH3 is 1. The zero-order chi connectivity index (χ0) is 12.4. The summed E-state index contributed by atoms with van der Waals surface area (Å²) < 4.78 is 17.7. The Hall–Kier alpha value is -1.50. The van der Waals surface area contributed by atoms with Gasteiger partial charge in [0.25, 0.3) is 0 Å². The molecule has 0 aromatic carbocycles. The molecule has 0 bridgehead atoms. The molecule has 94 valence electrons. The number of rotatable bonds is 6. The molecule has 1 unspecified atom stereocenters. The summed E-state index contributed by atoms with van der Waals surface area (Å²) in [6, 6.07) is 0. The lowest BCUT2D eigenvalue weighted by Gasteiger charge is -2.09. The number of carbonyl (C=O) groups is 2. The summed E-state index contributed by atoms with van der Waals surface area (Å²) in [7, 11) is 1.17. The van der Waals surface area contributed by atoms with Crippen molar-refractivity contribution in [3.05, 3.63) is 0 Å². The van der Waals surface area contributed by atoms with Crippen LogP contribution in [0.3, 0.4) is 0 Å². The molecule has 0 aliphatic carbocycles. The molecule has 0 aromatic heterocycles. The van der Waals surface area contributed by atoms with E-state index in [1.165, 1.54) is 7.11 Å². The fraction of sp³-hybridized carbons (Fsp3) is 0.778. The zero-order valence-corrected chi connectivity index (χ0v) is 9.30. The molecule has 0 aliphatic rings. The number of ether oxygens (including phenoxy) is 4. The molecule has 0 amide bonds. The average molecular weight is 236 g/mol. The number of aliphatic hydroxyl groups is 1. The van der Waals surface area contributed by atoms with E-state index >= 15 is 0 Å². The first-order valence-electron chi connectivity index (χ1n) is 4.78. The third kappa shape index (κ3) is 7.86. The molecule has 1 N–H and O–H groups in total. The Balaban J connectivity index is 3.40. The smallest absolute Gasteiger partial charge is 0.438 e. The SMILES string of the molecule is CCC(O)COC(=O)OCCOC(=O)OC. The van der Waals surface area contributed by atoms with E-state index < -0.39 is 18.4 Å². The van der Waals surface area contributed by atoms with Crippen LogP contribution in [0.4, 0.5) is 9.59 Å². The third-order valence-corrected chi connectivity index (χ3v) is 1.55. The standard InChI is InChI=1S/C9H16O7/c1-3-7(10)6-16-9(12)15-5-4-14-8(11)13-2/h7,10H,3-6H2,1-2H3. The van der Waals surface area contributed by atoms with Crippen LogP contribution >= 0.6 is 0 Å². The quantitative estimate of drug-likeness (QED) is 0.536. The molecule has 0 rings (SSSR count). The van der Waals surface area contributed by atoms with Crippen LogP contribution in [0.1, 0.15) is 13.3 Å². The van der Waals surface area contributed by atoms with E-state index in [4.69, 9.17) is 5.11 Å². The van der Waals surface area contributed by atoms with Gasteiger partial charge in [0.05, 0.1) is 13.2 Å². The molecule has 16 heavy (non-hydrogen) atoms. The van der Waals surface area contributed by atoms with E-state index in [-0.39, 0.29) is 19.8 Å². The average Bonchev–Trinajstić information content (AvgIpc) is 2.31. The van der Waals surface area contributed by atoms with Gasteiger partial charge in [-0.05, 0) is 6.42 Å². The number of aliphatic hydroxyl groups excluding tert-OH is 1. The van der Waals surface area contributed by atoms with Gasteiger partial charge < -0.3 is 24.1 Å². The topological polar surface area (TPSA) is 91.3 Å². The molecule has 0 saturated carbocycles. The highest BCUT2D eigenvalue weighted by Crippen LogP contribution is 1.93. The van der Waals surface area contributed by atoms with Gasteiger partial charge in [-0.25, -0.2) is 9.59 Å². The van der Waals surface area contributed by atoms with Gasteiger partial charge in [0.2, 0.25) is 0 Å². The highest BCUT2D eigenvalue weighted by atomic mass is 16.7. The Morgan fingerprint density at radius 2 is 1.69 bits per heavy atom. The van der Waals surface area contributed by atoms with Crippen molar-refractivity contribution in [1.29, 1.82) is 0 Å². The summed E-state index contributed by atoms with van der Waals surface area (Å²) >= 11 is 0. The first-order chi connectivity index (χ1) is 7.60. The second-order valence-corrected chi connectivity index (χ2v) is 2.77. The van der Waals surface area contributed by atoms with Gasteiger partial charge in [0, 0.05) is 0 Å². The Morgan fingerprint density at radius 1 is 1.12 bits per heavy atom. The maximum absolute atomic E-state index is 10.9. The monoisotopic (exact) mass is 236 g/mol. The van der Waals surface area contributed by atoms with E-state index in [9.17, 15) is 9.59 Å². The Kier molecular flexibility index (Phi) is 7.96.